The molecule has 0 radical (unpaired) electrons. The van der Waals surface area contributed by atoms with Gasteiger partial charge in [-0.05, 0) is 46.3 Å². The predicted octanol–water partition coefficient (Wildman–Crippen LogP) is 0.945. The molecule has 2 N–H and O–H groups in total. The van der Waals surface area contributed by atoms with Gasteiger partial charge < -0.3 is 15.3 Å². The molecule has 2 atom stereocenters. The summed E-state index contributed by atoms with van der Waals surface area (Å²) in [6.45, 7) is 1.66. The molecule has 5 nitrogen and oxygen atoms in total. The number of unbranched alkanes of at least 4 members (excludes halogenated alkanes) is 1. The third kappa shape index (κ3) is 4.64. The van der Waals surface area contributed by atoms with E-state index in [1.165, 1.54) is 0 Å². The molecule has 18 heavy (non-hydrogen) atoms. The Balaban J connectivity index is 2.22. The molecule has 1 aliphatic rings. The number of nitrogens with one attached hydrogen (secondary N) is 1. The maximum atomic E-state index is 11.9. The second kappa shape index (κ2) is 7.36. The van der Waals surface area contributed by atoms with E-state index in [0.717, 1.165) is 25.8 Å². The summed E-state index contributed by atoms with van der Waals surface area (Å²) in [5.74, 6) is -1.71. The molecule has 1 saturated carbocycles. The Kier molecular flexibility index (Phi) is 6.12. The molecule has 0 aliphatic heterocycles. The third-order valence-electron chi connectivity index (χ3n) is 3.50. The Bertz CT molecular complexity index is 292. The van der Waals surface area contributed by atoms with Gasteiger partial charge in [-0.15, -0.1) is 0 Å². The van der Waals surface area contributed by atoms with Crippen molar-refractivity contribution in [1.29, 1.82) is 0 Å². The van der Waals surface area contributed by atoms with Crippen LogP contribution in [0.25, 0.3) is 0 Å². The highest BCUT2D eigenvalue weighted by molar-refractivity contribution is 5.85. The van der Waals surface area contributed by atoms with Crippen LogP contribution >= 0.6 is 0 Å². The van der Waals surface area contributed by atoms with Crippen molar-refractivity contribution in [1.82, 2.24) is 10.2 Å². The minimum Gasteiger partial charge on any atom is -0.481 e. The largest absolute Gasteiger partial charge is 0.481 e. The van der Waals surface area contributed by atoms with E-state index >= 15 is 0 Å². The SMILES string of the molecule is CN(C)CCCCNC(=O)[C@@H]1CCC[C@@H]1C(=O)O. The van der Waals surface area contributed by atoms with Crippen molar-refractivity contribution in [2.45, 2.75) is 32.1 Å². The highest BCUT2D eigenvalue weighted by Crippen LogP contribution is 2.31. The Morgan fingerprint density at radius 2 is 1.89 bits per heavy atom. The van der Waals surface area contributed by atoms with Gasteiger partial charge in [0.25, 0.3) is 0 Å². The molecular weight excluding hydrogens is 232 g/mol. The number of hydrogen-bond acceptors (Lipinski definition) is 3. The standard InChI is InChI=1S/C13H24N2O3/c1-15(2)9-4-3-8-14-12(16)10-6-5-7-11(10)13(17)18/h10-11H,3-9H2,1-2H3,(H,14,16)(H,17,18)/t10-,11+/m1/s1. The normalized spacial score (nSPS) is 23.3. The summed E-state index contributed by atoms with van der Waals surface area (Å²) in [4.78, 5) is 25.0. The quantitative estimate of drug-likeness (QED) is 0.665. The lowest BCUT2D eigenvalue weighted by Gasteiger charge is -2.15. The molecule has 0 heterocycles. The summed E-state index contributed by atoms with van der Waals surface area (Å²) in [6.07, 6.45) is 4.17. The van der Waals surface area contributed by atoms with Gasteiger partial charge >= 0.3 is 5.97 Å². The molecule has 0 aromatic rings. The molecule has 0 aromatic carbocycles. The van der Waals surface area contributed by atoms with E-state index < -0.39 is 11.9 Å². The second-order valence-corrected chi connectivity index (χ2v) is 5.28. The molecule has 1 rings (SSSR count). The summed E-state index contributed by atoms with van der Waals surface area (Å²) in [7, 11) is 4.04. The average molecular weight is 256 g/mol. The van der Waals surface area contributed by atoms with Crippen LogP contribution in [0.3, 0.4) is 0 Å². The minimum atomic E-state index is -0.833. The van der Waals surface area contributed by atoms with Crippen molar-refractivity contribution in [3.05, 3.63) is 0 Å². The van der Waals surface area contributed by atoms with E-state index in [4.69, 9.17) is 5.11 Å². The van der Waals surface area contributed by atoms with Crippen LogP contribution in [-0.2, 0) is 9.59 Å². The molecule has 0 spiro atoms. The summed E-state index contributed by atoms with van der Waals surface area (Å²) >= 11 is 0. The molecular formula is C13H24N2O3. The zero-order valence-electron chi connectivity index (χ0n) is 11.3. The van der Waals surface area contributed by atoms with Crippen LogP contribution in [0.4, 0.5) is 0 Å². The monoisotopic (exact) mass is 256 g/mol. The molecule has 1 aliphatic carbocycles. The molecule has 104 valence electrons. The number of amides is 1. The maximum Gasteiger partial charge on any atom is 0.307 e. The van der Waals surface area contributed by atoms with Crippen LogP contribution in [-0.4, -0.2) is 49.1 Å². The first-order chi connectivity index (χ1) is 8.52. The van der Waals surface area contributed by atoms with Gasteiger partial charge in [0.2, 0.25) is 5.91 Å². The number of carbonyl (C=O) groups is 2. The molecule has 1 amide bonds. The van der Waals surface area contributed by atoms with Gasteiger partial charge in [0.1, 0.15) is 0 Å². The van der Waals surface area contributed by atoms with Gasteiger partial charge in [0, 0.05) is 6.54 Å². The lowest BCUT2D eigenvalue weighted by atomic mass is 9.95. The summed E-state index contributed by atoms with van der Waals surface area (Å²) in [5, 5.41) is 11.9. The van der Waals surface area contributed by atoms with Crippen molar-refractivity contribution in [2.24, 2.45) is 11.8 Å². The third-order valence-corrected chi connectivity index (χ3v) is 3.50. The lowest BCUT2D eigenvalue weighted by molar-refractivity contribution is -0.146. The first-order valence-corrected chi connectivity index (χ1v) is 6.67. The Hall–Kier alpha value is -1.10. The Morgan fingerprint density at radius 3 is 2.50 bits per heavy atom. The zero-order valence-corrected chi connectivity index (χ0v) is 11.3. The highest BCUT2D eigenvalue weighted by Gasteiger charge is 2.37. The van der Waals surface area contributed by atoms with Crippen molar-refractivity contribution < 1.29 is 14.7 Å². The molecule has 0 saturated heterocycles. The number of aliphatic carboxylic acids is 1. The van der Waals surface area contributed by atoms with Gasteiger partial charge in [-0.25, -0.2) is 0 Å². The van der Waals surface area contributed by atoms with E-state index in [1.807, 2.05) is 14.1 Å². The summed E-state index contributed by atoms with van der Waals surface area (Å²) < 4.78 is 0. The first kappa shape index (κ1) is 15.0. The van der Waals surface area contributed by atoms with Crippen molar-refractivity contribution in [3.63, 3.8) is 0 Å². The second-order valence-electron chi connectivity index (χ2n) is 5.28. The van der Waals surface area contributed by atoms with Crippen LogP contribution in [0.2, 0.25) is 0 Å². The van der Waals surface area contributed by atoms with E-state index in [-0.39, 0.29) is 11.8 Å². The van der Waals surface area contributed by atoms with Crippen molar-refractivity contribution >= 4 is 11.9 Å². The van der Waals surface area contributed by atoms with Gasteiger partial charge in [0.05, 0.1) is 11.8 Å². The van der Waals surface area contributed by atoms with Crippen molar-refractivity contribution in [3.8, 4) is 0 Å². The summed E-state index contributed by atoms with van der Waals surface area (Å²) in [5.41, 5.74) is 0. The molecule has 0 aromatic heterocycles. The number of carbonyl (C=O) groups excluding carboxylic acids is 1. The van der Waals surface area contributed by atoms with Crippen molar-refractivity contribution in [2.75, 3.05) is 27.2 Å². The van der Waals surface area contributed by atoms with E-state index in [0.29, 0.717) is 19.4 Å². The zero-order chi connectivity index (χ0) is 13.5. The van der Waals surface area contributed by atoms with Crippen LogP contribution in [0.15, 0.2) is 0 Å². The van der Waals surface area contributed by atoms with Crippen LogP contribution in [0, 0.1) is 11.8 Å². The van der Waals surface area contributed by atoms with Crippen LogP contribution < -0.4 is 5.32 Å². The van der Waals surface area contributed by atoms with Crippen LogP contribution in [0.1, 0.15) is 32.1 Å². The fraction of sp³-hybridized carbons (Fsp3) is 0.846. The number of carboxylic acids is 1. The molecule has 0 bridgehead atoms. The molecule has 0 unspecified atom stereocenters. The number of carboxylic acid groups (broad SMARTS) is 1. The highest BCUT2D eigenvalue weighted by atomic mass is 16.4. The predicted molar refractivity (Wildman–Crippen MR) is 69.3 cm³/mol. The molecule has 5 heteroatoms. The average Bonchev–Trinajstić information content (AvgIpc) is 2.76. The van der Waals surface area contributed by atoms with Gasteiger partial charge in [-0.1, -0.05) is 6.42 Å². The number of nitrogens with zero attached hydrogens (tertiary/aromatic N) is 1. The minimum absolute atomic E-state index is 0.0789. The fourth-order valence-corrected chi connectivity index (χ4v) is 2.47. The van der Waals surface area contributed by atoms with E-state index in [9.17, 15) is 9.59 Å². The van der Waals surface area contributed by atoms with Gasteiger partial charge in [-0.2, -0.15) is 0 Å². The van der Waals surface area contributed by atoms with E-state index in [1.54, 1.807) is 0 Å². The van der Waals surface area contributed by atoms with Gasteiger partial charge in [-0.3, -0.25) is 9.59 Å². The van der Waals surface area contributed by atoms with E-state index in [2.05, 4.69) is 10.2 Å². The Labute approximate surface area is 109 Å². The summed E-state index contributed by atoms with van der Waals surface area (Å²) in [6, 6.07) is 0. The number of hydrogen-bond donors (Lipinski definition) is 2. The first-order valence-electron chi connectivity index (χ1n) is 6.67. The van der Waals surface area contributed by atoms with Gasteiger partial charge in [0.15, 0.2) is 0 Å². The smallest absolute Gasteiger partial charge is 0.307 e. The Morgan fingerprint density at radius 1 is 1.22 bits per heavy atom. The maximum absolute atomic E-state index is 11.9. The topological polar surface area (TPSA) is 69.6 Å². The van der Waals surface area contributed by atoms with Crippen LogP contribution in [0.5, 0.6) is 0 Å². The fourth-order valence-electron chi connectivity index (χ4n) is 2.47. The molecule has 1 fully saturated rings. The number of rotatable bonds is 7. The lowest BCUT2D eigenvalue weighted by Crippen LogP contribution is -2.35.